The first-order valence-corrected chi connectivity index (χ1v) is 13.0. The second-order valence-electron chi connectivity index (χ2n) is 8.10. The van der Waals surface area contributed by atoms with Crippen molar-refractivity contribution in [2.24, 2.45) is 0 Å². The summed E-state index contributed by atoms with van der Waals surface area (Å²) >= 11 is 0. The van der Waals surface area contributed by atoms with Gasteiger partial charge in [0.2, 0.25) is 0 Å². The monoisotopic (exact) mass is 420 g/mol. The van der Waals surface area contributed by atoms with Gasteiger partial charge < -0.3 is 4.74 Å². The van der Waals surface area contributed by atoms with Crippen LogP contribution < -0.4 is 0 Å². The van der Waals surface area contributed by atoms with Crippen molar-refractivity contribution < 1.29 is 22.7 Å². The Hall–Kier alpha value is -2.34. The van der Waals surface area contributed by atoms with Crippen LogP contribution in [0.1, 0.15) is 24.0 Å². The maximum absolute atomic E-state index is 12.6. The molecule has 6 heteroatoms. The third-order valence-corrected chi connectivity index (χ3v) is 8.72. The minimum absolute atomic E-state index is 0.0835. The summed E-state index contributed by atoms with van der Waals surface area (Å²) in [4.78, 5) is 11.6. The van der Waals surface area contributed by atoms with Gasteiger partial charge in [0.05, 0.1) is 14.7 Å². The van der Waals surface area contributed by atoms with E-state index in [0.29, 0.717) is 12.8 Å². The zero-order chi connectivity index (χ0) is 21.7. The number of hydrogen-bond donors (Lipinski definition) is 0. The Bertz CT molecular complexity index is 785. The second kappa shape index (κ2) is 8.99. The molecule has 0 amide bonds. The van der Waals surface area contributed by atoms with E-state index in [1.165, 1.54) is 11.1 Å². The van der Waals surface area contributed by atoms with E-state index in [0.717, 1.165) is 0 Å². The average Bonchev–Trinajstić information content (AvgIpc) is 2.67. The predicted molar refractivity (Wildman–Crippen MR) is 112 cm³/mol. The van der Waals surface area contributed by atoms with Crippen molar-refractivity contribution >= 4 is 14.0 Å². The maximum atomic E-state index is 12.6. The molecule has 0 aliphatic rings. The van der Waals surface area contributed by atoms with Crippen LogP contribution in [0.15, 0.2) is 72.8 Å². The Morgan fingerprint density at radius 3 is 1.76 bits per heavy atom. The fraction of sp³-hybridized carbons (Fsp3) is 0.348. The summed E-state index contributed by atoms with van der Waals surface area (Å²) in [5, 5.41) is -0.261. The summed E-state index contributed by atoms with van der Waals surface area (Å²) in [6.07, 6.45) is -3.65. The summed E-state index contributed by atoms with van der Waals surface area (Å²) in [6, 6.07) is 20.3. The first kappa shape index (κ1) is 22.9. The van der Waals surface area contributed by atoms with Crippen molar-refractivity contribution in [1.82, 2.24) is 0 Å². The number of halogens is 3. The van der Waals surface area contributed by atoms with Gasteiger partial charge in [-0.15, -0.1) is 0 Å². The van der Waals surface area contributed by atoms with Crippen LogP contribution in [0.3, 0.4) is 0 Å². The van der Waals surface area contributed by atoms with Gasteiger partial charge >= 0.3 is 12.1 Å². The summed E-state index contributed by atoms with van der Waals surface area (Å²) in [6.45, 7) is 9.56. The smallest absolute Gasteiger partial charge is 0.422 e. The van der Waals surface area contributed by atoms with Crippen molar-refractivity contribution in [3.05, 3.63) is 83.9 Å². The fourth-order valence-electron chi connectivity index (χ4n) is 3.85. The van der Waals surface area contributed by atoms with Gasteiger partial charge in [0.15, 0.2) is 0 Å². The van der Waals surface area contributed by atoms with Crippen molar-refractivity contribution in [3.8, 4) is 0 Å². The van der Waals surface area contributed by atoms with E-state index in [9.17, 15) is 18.0 Å². The van der Waals surface area contributed by atoms with Crippen LogP contribution in [0, 0.1) is 0 Å². The highest BCUT2D eigenvalue weighted by molar-refractivity contribution is 6.79. The molecule has 0 radical (unpaired) electrons. The molecule has 2 aromatic rings. The standard InChI is InChI=1S/C23H27F3O2Si/c1-18(23(24,25)26)21(27)28-17-11-16-22(29(2,3)4,19-12-7-5-8-13-19)20-14-9-6-10-15-20/h5-10,12-15H,1,11,16-17H2,2-4H3. The number of alkyl halides is 3. The molecule has 29 heavy (non-hydrogen) atoms. The van der Waals surface area contributed by atoms with E-state index in [2.05, 4.69) is 50.5 Å². The lowest BCUT2D eigenvalue weighted by molar-refractivity contribution is -0.150. The summed E-state index contributed by atoms with van der Waals surface area (Å²) in [5.74, 6) is -1.41. The average molecular weight is 421 g/mol. The Labute approximate surface area is 171 Å². The molecule has 0 bridgehead atoms. The van der Waals surface area contributed by atoms with E-state index in [1.54, 1.807) is 0 Å². The molecule has 0 N–H and O–H groups in total. The molecule has 2 aromatic carbocycles. The molecule has 0 spiro atoms. The normalized spacial score (nSPS) is 12.5. The Kier molecular flexibility index (Phi) is 7.11. The molecule has 0 heterocycles. The molecule has 0 aromatic heterocycles. The van der Waals surface area contributed by atoms with Gasteiger partial charge in [0, 0.05) is 5.04 Å². The van der Waals surface area contributed by atoms with Crippen LogP contribution in [0.25, 0.3) is 0 Å². The topological polar surface area (TPSA) is 26.3 Å². The van der Waals surface area contributed by atoms with Gasteiger partial charge in [0.25, 0.3) is 0 Å². The van der Waals surface area contributed by atoms with Crippen LogP contribution >= 0.6 is 0 Å². The molecule has 0 fully saturated rings. The lowest BCUT2D eigenvalue weighted by Gasteiger charge is -2.45. The minimum Gasteiger partial charge on any atom is -0.462 e. The predicted octanol–water partition coefficient (Wildman–Crippen LogP) is 6.29. The van der Waals surface area contributed by atoms with E-state index >= 15 is 0 Å². The van der Waals surface area contributed by atoms with Crippen LogP contribution in [0.2, 0.25) is 19.6 Å². The Morgan fingerprint density at radius 1 is 0.931 bits per heavy atom. The molecule has 2 rings (SSSR count). The molecular formula is C23H27F3O2Si. The molecular weight excluding hydrogens is 393 g/mol. The number of benzene rings is 2. The van der Waals surface area contributed by atoms with Crippen molar-refractivity contribution in [3.63, 3.8) is 0 Å². The van der Waals surface area contributed by atoms with Gasteiger partial charge in [-0.2, -0.15) is 13.2 Å². The van der Waals surface area contributed by atoms with Gasteiger partial charge in [-0.1, -0.05) is 86.9 Å². The highest BCUT2D eigenvalue weighted by Crippen LogP contribution is 2.44. The zero-order valence-corrected chi connectivity index (χ0v) is 18.1. The van der Waals surface area contributed by atoms with E-state index in [4.69, 9.17) is 4.74 Å². The lowest BCUT2D eigenvalue weighted by atomic mass is 9.86. The van der Waals surface area contributed by atoms with Crippen LogP contribution in [-0.2, 0) is 14.6 Å². The Balaban J connectivity index is 2.28. The largest absolute Gasteiger partial charge is 0.462 e. The van der Waals surface area contributed by atoms with Crippen molar-refractivity contribution in [2.75, 3.05) is 6.61 Å². The zero-order valence-electron chi connectivity index (χ0n) is 17.1. The van der Waals surface area contributed by atoms with Crippen LogP contribution in [0.4, 0.5) is 13.2 Å². The van der Waals surface area contributed by atoms with Gasteiger partial charge in [-0.05, 0) is 24.0 Å². The van der Waals surface area contributed by atoms with Crippen molar-refractivity contribution in [1.29, 1.82) is 0 Å². The summed E-state index contributed by atoms with van der Waals surface area (Å²) in [5.41, 5.74) is 0.882. The highest BCUT2D eigenvalue weighted by atomic mass is 28.3. The first-order chi connectivity index (χ1) is 13.5. The van der Waals surface area contributed by atoms with E-state index in [-0.39, 0.29) is 11.6 Å². The van der Waals surface area contributed by atoms with Crippen molar-refractivity contribution in [2.45, 2.75) is 43.7 Å². The summed E-state index contributed by atoms with van der Waals surface area (Å²) in [7, 11) is -1.89. The second-order valence-corrected chi connectivity index (χ2v) is 13.5. The van der Waals surface area contributed by atoms with E-state index < -0.39 is 25.8 Å². The van der Waals surface area contributed by atoms with Gasteiger partial charge in [-0.3, -0.25) is 0 Å². The maximum Gasteiger partial charge on any atom is 0.422 e. The van der Waals surface area contributed by atoms with Gasteiger partial charge in [-0.25, -0.2) is 4.79 Å². The molecule has 0 saturated heterocycles. The highest BCUT2D eigenvalue weighted by Gasteiger charge is 2.45. The molecule has 0 unspecified atom stereocenters. The number of hydrogen-bond acceptors (Lipinski definition) is 2. The lowest BCUT2D eigenvalue weighted by Crippen LogP contribution is -2.50. The first-order valence-electron chi connectivity index (χ1n) is 9.54. The number of ether oxygens (including phenoxy) is 1. The molecule has 0 aliphatic carbocycles. The SMILES string of the molecule is C=C(C(=O)OCCCC(c1ccccc1)(c1ccccc1)[Si](C)(C)C)C(F)(F)F. The fourth-order valence-corrected chi connectivity index (χ4v) is 6.84. The number of carbonyl (C=O) groups excluding carboxylic acids is 1. The molecule has 156 valence electrons. The Morgan fingerprint density at radius 2 is 1.38 bits per heavy atom. The third kappa shape index (κ3) is 5.18. The third-order valence-electron chi connectivity index (χ3n) is 5.33. The van der Waals surface area contributed by atoms with Crippen LogP contribution in [0.5, 0.6) is 0 Å². The minimum atomic E-state index is -4.77. The molecule has 0 atom stereocenters. The van der Waals surface area contributed by atoms with Crippen LogP contribution in [-0.4, -0.2) is 26.8 Å². The number of rotatable bonds is 8. The molecule has 0 aliphatic heterocycles. The van der Waals surface area contributed by atoms with Gasteiger partial charge in [0.1, 0.15) is 5.57 Å². The molecule has 2 nitrogen and oxygen atoms in total. The number of carbonyl (C=O) groups is 1. The quantitative estimate of drug-likeness (QED) is 0.217. The summed E-state index contributed by atoms with van der Waals surface area (Å²) < 4.78 is 42.7. The number of esters is 1. The molecule has 0 saturated carbocycles. The van der Waals surface area contributed by atoms with E-state index in [1.807, 2.05) is 36.4 Å².